The standard InChI is InChI=1S/C40H30O9S/c1-25-2-20-35(37(42)22-25)39(44)27-4-8-29(9-5-27)48-31-12-16-33(17-13-31)50(46,47)34-18-14-32(15-19-34)49-30-10-6-28(7-11-30)40(45)36-21-3-26(24-41)23-38(36)43/h2-23,41-43H,24H2,1H3. The molecule has 6 rings (SSSR count). The van der Waals surface area contributed by atoms with Gasteiger partial charge in [-0.25, -0.2) is 8.42 Å². The summed E-state index contributed by atoms with van der Waals surface area (Å²) in [6.07, 6.45) is 0. The van der Waals surface area contributed by atoms with Crippen molar-refractivity contribution < 1.29 is 42.8 Å². The van der Waals surface area contributed by atoms with Gasteiger partial charge in [-0.05, 0) is 139 Å². The molecule has 0 atom stereocenters. The number of ether oxygens (including phenoxy) is 2. The van der Waals surface area contributed by atoms with Gasteiger partial charge in [0.15, 0.2) is 11.6 Å². The zero-order valence-corrected chi connectivity index (χ0v) is 27.4. The lowest BCUT2D eigenvalue weighted by molar-refractivity contribution is 0.102. The Morgan fingerprint density at radius 2 is 0.920 bits per heavy atom. The van der Waals surface area contributed by atoms with Crippen molar-refractivity contribution in [3.8, 4) is 34.5 Å². The van der Waals surface area contributed by atoms with Crippen LogP contribution in [0.15, 0.2) is 143 Å². The summed E-state index contributed by atoms with van der Waals surface area (Å²) in [5.41, 5.74) is 2.34. The first-order valence-corrected chi connectivity index (χ1v) is 16.8. The largest absolute Gasteiger partial charge is 0.507 e. The Balaban J connectivity index is 1.07. The second-order valence-electron chi connectivity index (χ2n) is 11.4. The summed E-state index contributed by atoms with van der Waals surface area (Å²) >= 11 is 0. The topological polar surface area (TPSA) is 147 Å². The highest BCUT2D eigenvalue weighted by Gasteiger charge is 2.19. The van der Waals surface area contributed by atoms with E-state index in [0.29, 0.717) is 39.7 Å². The number of phenolic OH excluding ortho intramolecular Hbond substituents is 2. The first-order chi connectivity index (χ1) is 24.0. The number of benzene rings is 6. The lowest BCUT2D eigenvalue weighted by Gasteiger charge is -2.10. The van der Waals surface area contributed by atoms with Crippen molar-refractivity contribution in [2.75, 3.05) is 0 Å². The van der Waals surface area contributed by atoms with E-state index in [2.05, 4.69) is 0 Å². The zero-order chi connectivity index (χ0) is 35.4. The average Bonchev–Trinajstić information content (AvgIpc) is 3.12. The molecule has 250 valence electrons. The Morgan fingerprint density at radius 3 is 1.30 bits per heavy atom. The van der Waals surface area contributed by atoms with Gasteiger partial charge in [-0.3, -0.25) is 9.59 Å². The van der Waals surface area contributed by atoms with Gasteiger partial charge in [0.05, 0.1) is 27.5 Å². The maximum absolute atomic E-state index is 13.3. The fourth-order valence-corrected chi connectivity index (χ4v) is 6.40. The molecule has 3 N–H and O–H groups in total. The third kappa shape index (κ3) is 7.26. The summed E-state index contributed by atoms with van der Waals surface area (Å²) in [4.78, 5) is 25.8. The van der Waals surface area contributed by atoms with E-state index in [0.717, 1.165) is 5.56 Å². The molecule has 9 nitrogen and oxygen atoms in total. The van der Waals surface area contributed by atoms with Crippen LogP contribution in [0, 0.1) is 6.92 Å². The van der Waals surface area contributed by atoms with Gasteiger partial charge in [0.25, 0.3) is 0 Å². The molecular weight excluding hydrogens is 656 g/mol. The molecule has 0 saturated carbocycles. The van der Waals surface area contributed by atoms with Crippen LogP contribution >= 0.6 is 0 Å². The van der Waals surface area contributed by atoms with Gasteiger partial charge in [-0.1, -0.05) is 12.1 Å². The van der Waals surface area contributed by atoms with Crippen LogP contribution in [0.25, 0.3) is 0 Å². The molecule has 0 aliphatic heterocycles. The van der Waals surface area contributed by atoms with Gasteiger partial charge < -0.3 is 24.8 Å². The van der Waals surface area contributed by atoms with E-state index < -0.39 is 15.6 Å². The summed E-state index contributed by atoms with van der Waals surface area (Å²) in [5, 5.41) is 29.5. The number of aliphatic hydroxyl groups excluding tert-OH is 1. The van der Waals surface area contributed by atoms with Crippen LogP contribution < -0.4 is 9.47 Å². The molecule has 0 saturated heterocycles. The number of carbonyl (C=O) groups is 2. The fourth-order valence-electron chi connectivity index (χ4n) is 5.14. The monoisotopic (exact) mass is 686 g/mol. The molecular formula is C40H30O9S. The number of phenols is 2. The fraction of sp³-hybridized carbons (Fsp3) is 0.0500. The lowest BCUT2D eigenvalue weighted by Crippen LogP contribution is -2.02. The quantitative estimate of drug-likeness (QED) is 0.116. The predicted molar refractivity (Wildman–Crippen MR) is 185 cm³/mol. The number of ketones is 2. The molecule has 0 aliphatic carbocycles. The summed E-state index contributed by atoms with van der Waals surface area (Å²) in [5.74, 6) is 0.611. The molecule has 0 bridgehead atoms. The number of aryl methyl sites for hydroxylation is 1. The minimum absolute atomic E-state index is 0.0614. The Morgan fingerprint density at radius 1 is 0.540 bits per heavy atom. The summed E-state index contributed by atoms with van der Waals surface area (Å²) in [6, 6.07) is 33.8. The molecule has 10 heteroatoms. The summed E-state index contributed by atoms with van der Waals surface area (Å²) in [7, 11) is -3.86. The molecule has 0 aromatic heterocycles. The first-order valence-electron chi connectivity index (χ1n) is 15.3. The van der Waals surface area contributed by atoms with E-state index in [-0.39, 0.29) is 44.8 Å². The molecule has 6 aromatic carbocycles. The Labute approximate surface area is 288 Å². The van der Waals surface area contributed by atoms with E-state index >= 15 is 0 Å². The van der Waals surface area contributed by atoms with Crippen molar-refractivity contribution in [1.82, 2.24) is 0 Å². The number of aliphatic hydroxyl groups is 1. The van der Waals surface area contributed by atoms with Gasteiger partial charge in [-0.15, -0.1) is 0 Å². The molecule has 0 spiro atoms. The predicted octanol–water partition coefficient (Wildman–Crippen LogP) is 7.78. The maximum Gasteiger partial charge on any atom is 0.206 e. The van der Waals surface area contributed by atoms with Crippen molar-refractivity contribution in [2.45, 2.75) is 23.3 Å². The Hall–Kier alpha value is -6.23. The second kappa shape index (κ2) is 14.1. The zero-order valence-electron chi connectivity index (χ0n) is 26.6. The van der Waals surface area contributed by atoms with Crippen molar-refractivity contribution >= 4 is 21.4 Å². The van der Waals surface area contributed by atoms with Crippen LogP contribution in [0.2, 0.25) is 0 Å². The summed E-state index contributed by atoms with van der Waals surface area (Å²) in [6.45, 7) is 1.57. The van der Waals surface area contributed by atoms with Gasteiger partial charge in [0, 0.05) is 11.1 Å². The number of rotatable bonds is 11. The Kier molecular flexibility index (Phi) is 9.49. The van der Waals surface area contributed by atoms with Gasteiger partial charge >= 0.3 is 0 Å². The van der Waals surface area contributed by atoms with Crippen LogP contribution in [-0.4, -0.2) is 35.3 Å². The molecule has 6 aromatic rings. The second-order valence-corrected chi connectivity index (χ2v) is 13.3. The van der Waals surface area contributed by atoms with Gasteiger partial charge in [0.1, 0.15) is 34.5 Å². The highest BCUT2D eigenvalue weighted by molar-refractivity contribution is 7.91. The molecule has 0 fully saturated rings. The van der Waals surface area contributed by atoms with Crippen molar-refractivity contribution in [3.05, 3.63) is 167 Å². The van der Waals surface area contributed by atoms with Crippen molar-refractivity contribution in [1.29, 1.82) is 0 Å². The van der Waals surface area contributed by atoms with E-state index in [1.54, 1.807) is 66.7 Å². The number of sulfone groups is 1. The third-order valence-electron chi connectivity index (χ3n) is 7.86. The highest BCUT2D eigenvalue weighted by atomic mass is 32.2. The number of carbonyl (C=O) groups excluding carboxylic acids is 2. The Bertz CT molecular complexity index is 2290. The average molecular weight is 687 g/mol. The van der Waals surface area contributed by atoms with E-state index in [1.165, 1.54) is 66.7 Å². The van der Waals surface area contributed by atoms with Crippen LogP contribution in [0.1, 0.15) is 43.0 Å². The molecule has 0 heterocycles. The van der Waals surface area contributed by atoms with E-state index in [9.17, 15) is 33.3 Å². The molecule has 0 unspecified atom stereocenters. The molecule has 0 radical (unpaired) electrons. The minimum atomic E-state index is -3.86. The minimum Gasteiger partial charge on any atom is -0.507 e. The van der Waals surface area contributed by atoms with Crippen LogP contribution in [0.4, 0.5) is 0 Å². The van der Waals surface area contributed by atoms with Gasteiger partial charge in [-0.2, -0.15) is 0 Å². The van der Waals surface area contributed by atoms with Crippen molar-refractivity contribution in [2.24, 2.45) is 0 Å². The van der Waals surface area contributed by atoms with Crippen LogP contribution in [0.3, 0.4) is 0 Å². The number of aromatic hydroxyl groups is 2. The third-order valence-corrected chi connectivity index (χ3v) is 9.65. The van der Waals surface area contributed by atoms with E-state index in [1.807, 2.05) is 6.92 Å². The number of hydrogen-bond acceptors (Lipinski definition) is 9. The highest BCUT2D eigenvalue weighted by Crippen LogP contribution is 2.30. The van der Waals surface area contributed by atoms with Gasteiger partial charge in [0.2, 0.25) is 9.84 Å². The maximum atomic E-state index is 13.3. The van der Waals surface area contributed by atoms with Crippen molar-refractivity contribution in [3.63, 3.8) is 0 Å². The lowest BCUT2D eigenvalue weighted by atomic mass is 10.0. The number of hydrogen-bond donors (Lipinski definition) is 3. The molecule has 0 amide bonds. The van der Waals surface area contributed by atoms with E-state index in [4.69, 9.17) is 9.47 Å². The SMILES string of the molecule is Cc1ccc(C(=O)c2ccc(Oc3ccc(S(=O)(=O)c4ccc(Oc5ccc(C(=O)c6ccc(CO)cc6O)cc5)cc4)cc3)cc2)c(O)c1. The normalized spacial score (nSPS) is 11.2. The first kappa shape index (κ1) is 33.7. The van der Waals surface area contributed by atoms with Crippen LogP contribution in [-0.2, 0) is 16.4 Å². The smallest absolute Gasteiger partial charge is 0.206 e. The van der Waals surface area contributed by atoms with Crippen LogP contribution in [0.5, 0.6) is 34.5 Å². The summed E-state index contributed by atoms with van der Waals surface area (Å²) < 4.78 is 38.3. The molecule has 0 aliphatic rings. The molecule has 50 heavy (non-hydrogen) atoms.